The van der Waals surface area contributed by atoms with Crippen LogP contribution in [0.25, 0.3) is 0 Å². The number of hydrogen-bond donors (Lipinski definition) is 2. The highest BCUT2D eigenvalue weighted by molar-refractivity contribution is 7.12. The van der Waals surface area contributed by atoms with Gasteiger partial charge in [0.25, 0.3) is 0 Å². The molecule has 1 unspecified atom stereocenters. The molecule has 1 aromatic heterocycles. The van der Waals surface area contributed by atoms with Crippen molar-refractivity contribution in [3.63, 3.8) is 0 Å². The Balaban J connectivity index is 2.74. The summed E-state index contributed by atoms with van der Waals surface area (Å²) in [4.78, 5) is 2.17. The van der Waals surface area contributed by atoms with Gasteiger partial charge in [-0.3, -0.25) is 0 Å². The van der Waals surface area contributed by atoms with Crippen LogP contribution in [0.1, 0.15) is 15.9 Å². The molecule has 1 rings (SSSR count). The van der Waals surface area contributed by atoms with Gasteiger partial charge in [-0.1, -0.05) is 0 Å². The molecule has 0 spiro atoms. The number of aliphatic hydroxyl groups excluding tert-OH is 1. The van der Waals surface area contributed by atoms with Crippen LogP contribution in [-0.2, 0) is 0 Å². The van der Waals surface area contributed by atoms with Crippen molar-refractivity contribution in [2.24, 2.45) is 5.73 Å². The van der Waals surface area contributed by atoms with Gasteiger partial charge in [0, 0.05) is 16.3 Å². The van der Waals surface area contributed by atoms with E-state index < -0.39 is 6.10 Å². The maximum atomic E-state index is 9.23. The van der Waals surface area contributed by atoms with Gasteiger partial charge in [-0.2, -0.15) is 0 Å². The first-order valence-corrected chi connectivity index (χ1v) is 4.00. The zero-order valence-electron chi connectivity index (χ0n) is 5.87. The molecule has 0 amide bonds. The van der Waals surface area contributed by atoms with Gasteiger partial charge in [-0.15, -0.1) is 11.3 Å². The van der Waals surface area contributed by atoms with E-state index >= 15 is 0 Å². The number of aliphatic hydroxyl groups is 1. The van der Waals surface area contributed by atoms with Gasteiger partial charge in [0.15, 0.2) is 0 Å². The summed E-state index contributed by atoms with van der Waals surface area (Å²) in [5, 5.41) is 9.23. The van der Waals surface area contributed by atoms with Crippen LogP contribution >= 0.6 is 11.3 Å². The highest BCUT2D eigenvalue weighted by Gasteiger charge is 2.05. The largest absolute Gasteiger partial charge is 0.386 e. The average molecular weight is 157 g/mol. The lowest BCUT2D eigenvalue weighted by Crippen LogP contribution is -2.09. The highest BCUT2D eigenvalue weighted by atomic mass is 32.1. The Morgan fingerprint density at radius 1 is 1.70 bits per heavy atom. The molecule has 3 N–H and O–H groups in total. The minimum absolute atomic E-state index is 0.306. The second kappa shape index (κ2) is 3.14. The van der Waals surface area contributed by atoms with Crippen LogP contribution in [0.15, 0.2) is 12.1 Å². The predicted molar refractivity (Wildman–Crippen MR) is 43.1 cm³/mol. The third-order valence-corrected chi connectivity index (χ3v) is 2.41. The molecule has 0 aliphatic carbocycles. The summed E-state index contributed by atoms with van der Waals surface area (Å²) in [6.45, 7) is 2.32. The first-order valence-electron chi connectivity index (χ1n) is 3.18. The molecule has 1 atom stereocenters. The van der Waals surface area contributed by atoms with Crippen LogP contribution < -0.4 is 5.73 Å². The third-order valence-electron chi connectivity index (χ3n) is 1.31. The molecule has 0 fully saturated rings. The molecule has 10 heavy (non-hydrogen) atoms. The number of hydrogen-bond acceptors (Lipinski definition) is 3. The molecule has 1 aromatic rings. The molecular formula is C7H11NOS. The molecule has 0 bridgehead atoms. The minimum Gasteiger partial charge on any atom is -0.386 e. The van der Waals surface area contributed by atoms with E-state index in [-0.39, 0.29) is 0 Å². The normalized spacial score (nSPS) is 13.5. The monoisotopic (exact) mass is 157 g/mol. The van der Waals surface area contributed by atoms with E-state index in [0.717, 1.165) is 4.88 Å². The standard InChI is InChI=1S/C7H11NOS/c1-5-2-3-7(10-5)6(9)4-8/h2-3,6,9H,4,8H2,1H3. The maximum Gasteiger partial charge on any atom is 0.100 e. The summed E-state index contributed by atoms with van der Waals surface area (Å²) < 4.78 is 0. The van der Waals surface area contributed by atoms with Gasteiger partial charge in [0.2, 0.25) is 0 Å². The molecular weight excluding hydrogens is 146 g/mol. The molecule has 0 radical (unpaired) electrons. The fourth-order valence-corrected chi connectivity index (χ4v) is 1.62. The summed E-state index contributed by atoms with van der Waals surface area (Å²) >= 11 is 1.59. The molecule has 1 heterocycles. The van der Waals surface area contributed by atoms with Crippen molar-refractivity contribution in [1.82, 2.24) is 0 Å². The van der Waals surface area contributed by atoms with Gasteiger partial charge in [0.1, 0.15) is 6.10 Å². The zero-order chi connectivity index (χ0) is 7.56. The number of rotatable bonds is 2. The fourth-order valence-electron chi connectivity index (χ4n) is 0.749. The predicted octanol–water partition coefficient (Wildman–Crippen LogP) is 1.05. The van der Waals surface area contributed by atoms with Crippen LogP contribution in [0.2, 0.25) is 0 Å². The van der Waals surface area contributed by atoms with Gasteiger partial charge in [0.05, 0.1) is 0 Å². The molecule has 0 saturated carbocycles. The summed E-state index contributed by atoms with van der Waals surface area (Å²) in [6.07, 6.45) is -0.473. The second-order valence-corrected chi connectivity index (χ2v) is 3.52. The Morgan fingerprint density at radius 2 is 2.40 bits per heavy atom. The van der Waals surface area contributed by atoms with Crippen molar-refractivity contribution >= 4 is 11.3 Å². The van der Waals surface area contributed by atoms with Gasteiger partial charge in [-0.25, -0.2) is 0 Å². The average Bonchev–Trinajstić information content (AvgIpc) is 2.34. The summed E-state index contributed by atoms with van der Waals surface area (Å²) in [7, 11) is 0. The first kappa shape index (κ1) is 7.72. The van der Waals surface area contributed by atoms with Crippen LogP contribution in [0, 0.1) is 6.92 Å². The topological polar surface area (TPSA) is 46.2 Å². The Hall–Kier alpha value is -0.380. The van der Waals surface area contributed by atoms with Gasteiger partial charge in [-0.05, 0) is 19.1 Å². The lowest BCUT2D eigenvalue weighted by Gasteiger charge is -2.01. The molecule has 0 aliphatic heterocycles. The van der Waals surface area contributed by atoms with Crippen molar-refractivity contribution in [3.8, 4) is 0 Å². The van der Waals surface area contributed by atoms with Gasteiger partial charge < -0.3 is 10.8 Å². The van der Waals surface area contributed by atoms with Crippen molar-refractivity contribution < 1.29 is 5.11 Å². The smallest absolute Gasteiger partial charge is 0.100 e. The van der Waals surface area contributed by atoms with Crippen LogP contribution in [0.3, 0.4) is 0 Å². The lowest BCUT2D eigenvalue weighted by molar-refractivity contribution is 0.190. The summed E-state index contributed by atoms with van der Waals surface area (Å²) in [5.41, 5.74) is 5.27. The molecule has 56 valence electrons. The van der Waals surface area contributed by atoms with Crippen LogP contribution in [0.5, 0.6) is 0 Å². The quantitative estimate of drug-likeness (QED) is 0.674. The van der Waals surface area contributed by atoms with Crippen molar-refractivity contribution in [2.75, 3.05) is 6.54 Å². The van der Waals surface area contributed by atoms with E-state index in [2.05, 4.69) is 0 Å². The summed E-state index contributed by atoms with van der Waals surface area (Å²) in [6, 6.07) is 3.90. The number of nitrogens with two attached hydrogens (primary N) is 1. The fraction of sp³-hybridized carbons (Fsp3) is 0.429. The Bertz CT molecular complexity index is 209. The maximum absolute atomic E-state index is 9.23. The Morgan fingerprint density at radius 3 is 2.80 bits per heavy atom. The second-order valence-electron chi connectivity index (χ2n) is 2.20. The Kier molecular flexibility index (Phi) is 2.43. The van der Waals surface area contributed by atoms with Crippen LogP contribution in [0.4, 0.5) is 0 Å². The van der Waals surface area contributed by atoms with Gasteiger partial charge >= 0.3 is 0 Å². The van der Waals surface area contributed by atoms with Crippen molar-refractivity contribution in [3.05, 3.63) is 21.9 Å². The highest BCUT2D eigenvalue weighted by Crippen LogP contribution is 2.21. The lowest BCUT2D eigenvalue weighted by atomic mass is 10.3. The van der Waals surface area contributed by atoms with E-state index in [0.29, 0.717) is 6.54 Å². The minimum atomic E-state index is -0.473. The third kappa shape index (κ3) is 1.56. The van der Waals surface area contributed by atoms with E-state index in [1.165, 1.54) is 4.88 Å². The van der Waals surface area contributed by atoms with E-state index in [9.17, 15) is 5.11 Å². The molecule has 0 aliphatic rings. The van der Waals surface area contributed by atoms with Crippen molar-refractivity contribution in [1.29, 1.82) is 0 Å². The SMILES string of the molecule is Cc1ccc(C(O)CN)s1. The molecule has 0 saturated heterocycles. The van der Waals surface area contributed by atoms with Crippen LogP contribution in [-0.4, -0.2) is 11.7 Å². The van der Waals surface area contributed by atoms with E-state index in [4.69, 9.17) is 5.73 Å². The molecule has 2 nitrogen and oxygen atoms in total. The van der Waals surface area contributed by atoms with E-state index in [1.54, 1.807) is 11.3 Å². The zero-order valence-corrected chi connectivity index (χ0v) is 6.69. The van der Waals surface area contributed by atoms with E-state index in [1.807, 2.05) is 19.1 Å². The Labute approximate surface area is 64.3 Å². The molecule has 0 aromatic carbocycles. The first-order chi connectivity index (χ1) is 4.74. The number of aryl methyl sites for hydroxylation is 1. The number of thiophene rings is 1. The van der Waals surface area contributed by atoms with Crippen molar-refractivity contribution in [2.45, 2.75) is 13.0 Å². The summed E-state index contributed by atoms with van der Waals surface area (Å²) in [5.74, 6) is 0. The molecule has 3 heteroatoms.